The van der Waals surface area contributed by atoms with Gasteiger partial charge in [0, 0.05) is 25.6 Å². The van der Waals surface area contributed by atoms with Crippen LogP contribution in [0, 0.1) is 5.41 Å². The summed E-state index contributed by atoms with van der Waals surface area (Å²) >= 11 is 0. The van der Waals surface area contributed by atoms with Crippen LogP contribution in [0.3, 0.4) is 0 Å². The lowest BCUT2D eigenvalue weighted by Gasteiger charge is -2.38. The maximum absolute atomic E-state index is 13.1. The van der Waals surface area contributed by atoms with Crippen molar-refractivity contribution in [2.24, 2.45) is 5.41 Å². The molecule has 2 aromatic rings. The number of nitrogens with zero attached hydrogens (tertiary/aromatic N) is 3. The van der Waals surface area contributed by atoms with Crippen LogP contribution in [0.25, 0.3) is 0 Å². The lowest BCUT2D eigenvalue weighted by Crippen LogP contribution is -2.41. The lowest BCUT2D eigenvalue weighted by molar-refractivity contribution is 0.0767. The van der Waals surface area contributed by atoms with Crippen LogP contribution in [-0.2, 0) is 6.54 Å². The van der Waals surface area contributed by atoms with Gasteiger partial charge in [-0.1, -0.05) is 12.1 Å². The van der Waals surface area contributed by atoms with Crippen LogP contribution < -0.4 is 10.1 Å². The standard InChI is InChI=1S/C23H32N4O3/c1-26-13-14-27(16-19-15-25-18-30-19)12-4-7-23(8-10-24-11-9-23)17-29-21-6-3-2-5-20(21)22(26)28/h2-3,5-6,15,18,24H,4,7-14,16-17H2,1H3. The number of carbonyl (C=O) groups is 1. The number of ether oxygens (including phenoxy) is 1. The number of likely N-dealkylation sites (N-methyl/N-ethyl adjacent to an activating group) is 1. The van der Waals surface area contributed by atoms with Crippen LogP contribution >= 0.6 is 0 Å². The van der Waals surface area contributed by atoms with Crippen molar-refractivity contribution in [1.82, 2.24) is 20.1 Å². The largest absolute Gasteiger partial charge is 0.492 e. The van der Waals surface area contributed by atoms with E-state index in [1.165, 1.54) is 6.39 Å². The van der Waals surface area contributed by atoms with Gasteiger partial charge in [0.05, 0.1) is 24.9 Å². The van der Waals surface area contributed by atoms with Gasteiger partial charge in [0.25, 0.3) is 5.91 Å². The average Bonchev–Trinajstić information content (AvgIpc) is 3.29. The molecule has 3 heterocycles. The zero-order valence-electron chi connectivity index (χ0n) is 17.8. The first kappa shape index (κ1) is 20.9. The molecule has 1 aromatic heterocycles. The summed E-state index contributed by atoms with van der Waals surface area (Å²) in [5.41, 5.74) is 0.796. The highest BCUT2D eigenvalue weighted by molar-refractivity contribution is 5.96. The Labute approximate surface area is 178 Å². The minimum Gasteiger partial charge on any atom is -0.492 e. The molecule has 0 atom stereocenters. The molecular weight excluding hydrogens is 380 g/mol. The summed E-state index contributed by atoms with van der Waals surface area (Å²) in [6, 6.07) is 7.64. The van der Waals surface area contributed by atoms with Crippen molar-refractivity contribution >= 4 is 5.91 Å². The van der Waals surface area contributed by atoms with Crippen molar-refractivity contribution in [2.75, 3.05) is 46.4 Å². The van der Waals surface area contributed by atoms with E-state index >= 15 is 0 Å². The third-order valence-corrected chi connectivity index (χ3v) is 6.46. The van der Waals surface area contributed by atoms with Crippen LogP contribution in [0.1, 0.15) is 41.8 Å². The number of benzene rings is 1. The highest BCUT2D eigenvalue weighted by atomic mass is 16.5. The molecular formula is C23H32N4O3. The molecule has 30 heavy (non-hydrogen) atoms. The predicted octanol–water partition coefficient (Wildman–Crippen LogP) is 2.79. The minimum absolute atomic E-state index is 0.00354. The maximum atomic E-state index is 13.1. The number of para-hydroxylation sites is 1. The molecule has 2 aliphatic rings. The number of amides is 1. The maximum Gasteiger partial charge on any atom is 0.257 e. The van der Waals surface area contributed by atoms with Gasteiger partial charge in [0.2, 0.25) is 0 Å². The van der Waals surface area contributed by atoms with Crippen molar-refractivity contribution in [3.8, 4) is 5.75 Å². The number of piperidine rings is 1. The number of hydrogen-bond donors (Lipinski definition) is 1. The summed E-state index contributed by atoms with van der Waals surface area (Å²) in [5.74, 6) is 1.56. The van der Waals surface area contributed by atoms with E-state index in [2.05, 4.69) is 15.2 Å². The zero-order valence-corrected chi connectivity index (χ0v) is 17.8. The number of fused-ring (bicyclic) bond motifs is 1. The Hall–Kier alpha value is -2.38. The quantitative estimate of drug-likeness (QED) is 0.818. The van der Waals surface area contributed by atoms with Gasteiger partial charge in [-0.15, -0.1) is 0 Å². The van der Waals surface area contributed by atoms with Gasteiger partial charge in [-0.05, 0) is 57.5 Å². The second-order valence-corrected chi connectivity index (χ2v) is 8.61. The molecule has 7 nitrogen and oxygen atoms in total. The van der Waals surface area contributed by atoms with Crippen LogP contribution in [0.5, 0.6) is 5.75 Å². The fourth-order valence-corrected chi connectivity index (χ4v) is 4.51. The highest BCUT2D eigenvalue weighted by Gasteiger charge is 2.33. The number of aromatic nitrogens is 1. The molecule has 1 amide bonds. The van der Waals surface area contributed by atoms with E-state index in [0.717, 1.165) is 57.6 Å². The van der Waals surface area contributed by atoms with Gasteiger partial charge >= 0.3 is 0 Å². The molecule has 2 aliphatic heterocycles. The summed E-state index contributed by atoms with van der Waals surface area (Å²) in [6.45, 7) is 5.82. The van der Waals surface area contributed by atoms with Crippen molar-refractivity contribution in [1.29, 1.82) is 0 Å². The SMILES string of the molecule is CN1CCN(Cc2cnco2)CCCC2(CCNCC2)COc2ccccc2C1=O. The van der Waals surface area contributed by atoms with Gasteiger partial charge in [0.15, 0.2) is 6.39 Å². The minimum atomic E-state index is 0.00354. The summed E-state index contributed by atoms with van der Waals surface area (Å²) in [4.78, 5) is 21.3. The molecule has 1 spiro atoms. The molecule has 1 N–H and O–H groups in total. The van der Waals surface area contributed by atoms with Crippen molar-refractivity contribution in [3.05, 3.63) is 48.2 Å². The van der Waals surface area contributed by atoms with Crippen molar-refractivity contribution < 1.29 is 13.9 Å². The van der Waals surface area contributed by atoms with Gasteiger partial charge in [-0.2, -0.15) is 0 Å². The molecule has 1 saturated heterocycles. The van der Waals surface area contributed by atoms with E-state index in [9.17, 15) is 4.79 Å². The Balaban J connectivity index is 1.57. The van der Waals surface area contributed by atoms with Gasteiger partial charge in [-0.25, -0.2) is 4.98 Å². The van der Waals surface area contributed by atoms with E-state index in [1.807, 2.05) is 31.3 Å². The third kappa shape index (κ3) is 5.02. The Kier molecular flexibility index (Phi) is 6.69. The number of hydrogen-bond acceptors (Lipinski definition) is 6. The van der Waals surface area contributed by atoms with Crippen LogP contribution in [0.2, 0.25) is 0 Å². The van der Waals surface area contributed by atoms with Gasteiger partial charge < -0.3 is 19.4 Å². The fourth-order valence-electron chi connectivity index (χ4n) is 4.51. The molecule has 0 aliphatic carbocycles. The van der Waals surface area contributed by atoms with Crippen molar-refractivity contribution in [2.45, 2.75) is 32.2 Å². The van der Waals surface area contributed by atoms with E-state index in [4.69, 9.17) is 9.15 Å². The smallest absolute Gasteiger partial charge is 0.257 e. The predicted molar refractivity (Wildman–Crippen MR) is 114 cm³/mol. The molecule has 0 unspecified atom stereocenters. The molecule has 0 saturated carbocycles. The van der Waals surface area contributed by atoms with Crippen LogP contribution in [-0.4, -0.2) is 67.1 Å². The second-order valence-electron chi connectivity index (χ2n) is 8.61. The first-order valence-electron chi connectivity index (χ1n) is 10.9. The van der Waals surface area contributed by atoms with E-state index < -0.39 is 0 Å². The molecule has 0 radical (unpaired) electrons. The second kappa shape index (κ2) is 9.62. The van der Waals surface area contributed by atoms with Crippen molar-refractivity contribution in [3.63, 3.8) is 0 Å². The Morgan fingerprint density at radius 3 is 2.77 bits per heavy atom. The fraction of sp³-hybridized carbons (Fsp3) is 0.565. The highest BCUT2D eigenvalue weighted by Crippen LogP contribution is 2.35. The van der Waals surface area contributed by atoms with E-state index in [-0.39, 0.29) is 11.3 Å². The topological polar surface area (TPSA) is 70.8 Å². The van der Waals surface area contributed by atoms with E-state index in [0.29, 0.717) is 31.0 Å². The zero-order chi connectivity index (χ0) is 20.8. The normalized spacial score (nSPS) is 21.2. The molecule has 1 fully saturated rings. The Morgan fingerprint density at radius 2 is 1.97 bits per heavy atom. The van der Waals surface area contributed by atoms with Crippen LogP contribution in [0.4, 0.5) is 0 Å². The molecule has 7 heteroatoms. The Bertz CT molecular complexity index is 818. The summed E-state index contributed by atoms with van der Waals surface area (Å²) < 4.78 is 11.8. The molecule has 0 bridgehead atoms. The summed E-state index contributed by atoms with van der Waals surface area (Å²) in [7, 11) is 1.86. The first-order valence-corrected chi connectivity index (χ1v) is 10.9. The van der Waals surface area contributed by atoms with Crippen LogP contribution in [0.15, 0.2) is 41.3 Å². The molecule has 4 rings (SSSR count). The number of oxazole rings is 1. The van der Waals surface area contributed by atoms with Gasteiger partial charge in [-0.3, -0.25) is 9.69 Å². The summed E-state index contributed by atoms with van der Waals surface area (Å²) in [6.07, 6.45) is 7.67. The number of nitrogens with one attached hydrogen (secondary N) is 1. The molecule has 1 aromatic carbocycles. The first-order chi connectivity index (χ1) is 14.7. The summed E-state index contributed by atoms with van der Waals surface area (Å²) in [5, 5.41) is 3.48. The third-order valence-electron chi connectivity index (χ3n) is 6.46. The monoisotopic (exact) mass is 412 g/mol. The lowest BCUT2D eigenvalue weighted by atomic mass is 9.76. The number of rotatable bonds is 2. The van der Waals surface area contributed by atoms with E-state index in [1.54, 1.807) is 11.1 Å². The number of carbonyl (C=O) groups excluding carboxylic acids is 1. The average molecular weight is 413 g/mol. The van der Waals surface area contributed by atoms with Gasteiger partial charge in [0.1, 0.15) is 11.5 Å². The molecule has 162 valence electrons. The Morgan fingerprint density at radius 1 is 1.13 bits per heavy atom.